The molecule has 1 aliphatic rings. The van der Waals surface area contributed by atoms with E-state index in [0.29, 0.717) is 6.54 Å². The summed E-state index contributed by atoms with van der Waals surface area (Å²) in [6.45, 7) is 1.47. The summed E-state index contributed by atoms with van der Waals surface area (Å²) < 4.78 is 5.27. The second kappa shape index (κ2) is 3.93. The summed E-state index contributed by atoms with van der Waals surface area (Å²) in [7, 11) is 0. The molecule has 0 bridgehead atoms. The van der Waals surface area contributed by atoms with Crippen molar-refractivity contribution < 1.29 is 9.53 Å². The number of halogens is 1. The summed E-state index contributed by atoms with van der Waals surface area (Å²) in [6, 6.07) is 0. The number of ether oxygens (including phenoxy) is 1. The van der Waals surface area contributed by atoms with Crippen molar-refractivity contribution in [1.29, 1.82) is 0 Å². The van der Waals surface area contributed by atoms with Crippen LogP contribution in [0, 0.1) is 0 Å². The van der Waals surface area contributed by atoms with Crippen LogP contribution in [0.3, 0.4) is 0 Å². The number of carbonyl (C=O) groups excluding carboxylic acids is 1. The largest absolute Gasteiger partial charge is 0.376 e. The van der Waals surface area contributed by atoms with Crippen LogP contribution >= 0.6 is 15.9 Å². The minimum absolute atomic E-state index is 0.164. The summed E-state index contributed by atoms with van der Waals surface area (Å²) in [5.74, 6) is 0. The molecule has 0 aromatic heterocycles. The maximum absolute atomic E-state index is 10.4. The van der Waals surface area contributed by atoms with Crippen molar-refractivity contribution in [1.82, 2.24) is 5.32 Å². The van der Waals surface area contributed by atoms with E-state index in [4.69, 9.17) is 4.74 Å². The molecule has 0 saturated carbocycles. The third-order valence-corrected chi connectivity index (χ3v) is 1.77. The highest BCUT2D eigenvalue weighted by atomic mass is 79.9. The highest BCUT2D eigenvalue weighted by Gasteiger charge is 2.14. The molecule has 0 spiro atoms. The number of hydrogen-bond donors (Lipinski definition) is 1. The Hall–Kier alpha value is -0.0900. The first-order chi connectivity index (χ1) is 4.79. The van der Waals surface area contributed by atoms with Crippen molar-refractivity contribution in [3.63, 3.8) is 0 Å². The first kappa shape index (κ1) is 8.01. The molecule has 10 heavy (non-hydrogen) atoms. The Kier molecular flexibility index (Phi) is 3.15. The molecular formula is C6H10BrNO2. The Morgan fingerprint density at radius 1 is 1.80 bits per heavy atom. The maximum atomic E-state index is 10.4. The number of rotatable bonds is 2. The monoisotopic (exact) mass is 207 g/mol. The Morgan fingerprint density at radius 3 is 3.10 bits per heavy atom. The lowest BCUT2D eigenvalue weighted by Crippen LogP contribution is -2.27. The van der Waals surface area contributed by atoms with Crippen LogP contribution in [-0.2, 0) is 4.74 Å². The van der Waals surface area contributed by atoms with E-state index >= 15 is 0 Å². The number of amides is 1. The summed E-state index contributed by atoms with van der Waals surface area (Å²) in [5.41, 5.74) is 0. The average Bonchev–Trinajstić information content (AvgIpc) is 2.34. The number of hydrogen-bond acceptors (Lipinski definition) is 2. The van der Waals surface area contributed by atoms with Gasteiger partial charge >= 0.3 is 0 Å². The number of carbonyl (C=O) groups is 1. The molecule has 1 fully saturated rings. The molecule has 1 amide bonds. The van der Waals surface area contributed by atoms with Crippen molar-refractivity contribution in [2.75, 3.05) is 13.2 Å². The fourth-order valence-corrected chi connectivity index (χ4v) is 1.16. The van der Waals surface area contributed by atoms with Crippen LogP contribution < -0.4 is 5.32 Å². The molecule has 0 radical (unpaired) electrons. The van der Waals surface area contributed by atoms with Gasteiger partial charge in [-0.15, -0.1) is 0 Å². The summed E-state index contributed by atoms with van der Waals surface area (Å²) in [4.78, 5) is 10.2. The van der Waals surface area contributed by atoms with E-state index in [9.17, 15) is 4.79 Å². The van der Waals surface area contributed by atoms with E-state index in [0.717, 1.165) is 19.4 Å². The van der Waals surface area contributed by atoms with Gasteiger partial charge in [0.05, 0.1) is 6.10 Å². The number of nitrogens with one attached hydrogen (secondary N) is 1. The molecule has 58 valence electrons. The van der Waals surface area contributed by atoms with Gasteiger partial charge in [-0.25, -0.2) is 0 Å². The Balaban J connectivity index is 2.07. The average molecular weight is 208 g/mol. The van der Waals surface area contributed by atoms with Gasteiger partial charge < -0.3 is 10.1 Å². The summed E-state index contributed by atoms with van der Waals surface area (Å²) in [6.07, 6.45) is 2.41. The van der Waals surface area contributed by atoms with E-state index in [1.165, 1.54) is 0 Å². The molecular weight excluding hydrogens is 198 g/mol. The first-order valence-corrected chi connectivity index (χ1v) is 4.13. The standard InChI is InChI=1S/C6H10BrNO2/c7-6(9)8-4-5-2-1-3-10-5/h5H,1-4H2,(H,8,9). The lowest BCUT2D eigenvalue weighted by atomic mass is 10.2. The smallest absolute Gasteiger partial charge is 0.287 e. The molecule has 1 N–H and O–H groups in total. The van der Waals surface area contributed by atoms with Gasteiger partial charge in [0.2, 0.25) is 0 Å². The van der Waals surface area contributed by atoms with E-state index in [2.05, 4.69) is 21.2 Å². The van der Waals surface area contributed by atoms with Crippen molar-refractivity contribution in [2.45, 2.75) is 18.9 Å². The van der Waals surface area contributed by atoms with Crippen molar-refractivity contribution in [2.24, 2.45) is 0 Å². The summed E-state index contributed by atoms with van der Waals surface area (Å²) in [5, 5.41) is 2.64. The van der Waals surface area contributed by atoms with Crippen molar-refractivity contribution in [3.05, 3.63) is 0 Å². The topological polar surface area (TPSA) is 38.3 Å². The second-order valence-corrected chi connectivity index (χ2v) is 3.01. The SMILES string of the molecule is O=C(Br)NCC1CCCO1. The normalized spacial score (nSPS) is 24.7. The van der Waals surface area contributed by atoms with Gasteiger partial charge in [0.1, 0.15) is 0 Å². The Labute approximate surface area is 68.3 Å². The van der Waals surface area contributed by atoms with Gasteiger partial charge in [-0.2, -0.15) is 0 Å². The van der Waals surface area contributed by atoms with Gasteiger partial charge in [-0.05, 0) is 12.8 Å². The molecule has 4 heteroatoms. The van der Waals surface area contributed by atoms with Crippen LogP contribution in [0.15, 0.2) is 0 Å². The fourth-order valence-electron chi connectivity index (χ4n) is 0.999. The van der Waals surface area contributed by atoms with Gasteiger partial charge in [0.15, 0.2) is 0 Å². The van der Waals surface area contributed by atoms with E-state index in [-0.39, 0.29) is 10.9 Å². The molecule has 0 aliphatic carbocycles. The zero-order chi connectivity index (χ0) is 7.40. The molecule has 1 rings (SSSR count). The second-order valence-electron chi connectivity index (χ2n) is 2.29. The Bertz CT molecular complexity index is 123. The van der Waals surface area contributed by atoms with Crippen LogP contribution in [0.2, 0.25) is 0 Å². The van der Waals surface area contributed by atoms with Crippen LogP contribution in [0.5, 0.6) is 0 Å². The fraction of sp³-hybridized carbons (Fsp3) is 0.833. The van der Waals surface area contributed by atoms with E-state index < -0.39 is 0 Å². The van der Waals surface area contributed by atoms with Crippen LogP contribution in [0.1, 0.15) is 12.8 Å². The van der Waals surface area contributed by atoms with Gasteiger partial charge in [-0.1, -0.05) is 0 Å². The van der Waals surface area contributed by atoms with Crippen molar-refractivity contribution in [3.8, 4) is 0 Å². The van der Waals surface area contributed by atoms with Crippen LogP contribution in [-0.4, -0.2) is 24.1 Å². The summed E-state index contributed by atoms with van der Waals surface area (Å²) >= 11 is 2.78. The zero-order valence-electron chi connectivity index (χ0n) is 5.60. The maximum Gasteiger partial charge on any atom is 0.287 e. The highest BCUT2D eigenvalue weighted by Crippen LogP contribution is 2.10. The highest BCUT2D eigenvalue weighted by molar-refractivity contribution is 9.18. The third-order valence-electron chi connectivity index (χ3n) is 1.49. The molecule has 1 aliphatic heterocycles. The minimum atomic E-state index is -0.164. The molecule has 1 atom stereocenters. The van der Waals surface area contributed by atoms with Gasteiger partial charge in [0.25, 0.3) is 4.82 Å². The predicted molar refractivity (Wildman–Crippen MR) is 41.3 cm³/mol. The quantitative estimate of drug-likeness (QED) is 0.548. The van der Waals surface area contributed by atoms with Gasteiger partial charge in [0, 0.05) is 29.1 Å². The molecule has 1 unspecified atom stereocenters. The van der Waals surface area contributed by atoms with Crippen LogP contribution in [0.25, 0.3) is 0 Å². The molecule has 1 heterocycles. The lowest BCUT2D eigenvalue weighted by Gasteiger charge is -2.07. The van der Waals surface area contributed by atoms with E-state index in [1.807, 2.05) is 0 Å². The van der Waals surface area contributed by atoms with Crippen LogP contribution in [0.4, 0.5) is 4.79 Å². The minimum Gasteiger partial charge on any atom is -0.376 e. The van der Waals surface area contributed by atoms with Gasteiger partial charge in [-0.3, -0.25) is 4.79 Å². The first-order valence-electron chi connectivity index (χ1n) is 3.34. The predicted octanol–water partition coefficient (Wildman–Crippen LogP) is 1.27. The molecule has 1 saturated heterocycles. The molecule has 0 aromatic rings. The lowest BCUT2D eigenvalue weighted by molar-refractivity contribution is 0.112. The van der Waals surface area contributed by atoms with Crippen molar-refractivity contribution >= 4 is 20.7 Å². The molecule has 0 aromatic carbocycles. The molecule has 3 nitrogen and oxygen atoms in total. The van der Waals surface area contributed by atoms with E-state index in [1.54, 1.807) is 0 Å². The zero-order valence-corrected chi connectivity index (χ0v) is 7.19. The third kappa shape index (κ3) is 2.66. The Morgan fingerprint density at radius 2 is 2.60 bits per heavy atom.